The van der Waals surface area contributed by atoms with Crippen LogP contribution in [0.15, 0.2) is 78.1 Å². The minimum Gasteiger partial charge on any atom is -0.390 e. The number of piperazine rings is 1. The van der Waals surface area contributed by atoms with Gasteiger partial charge in [0, 0.05) is 80.3 Å². The topological polar surface area (TPSA) is 110 Å². The number of carbonyl (C=O) groups is 2. The van der Waals surface area contributed by atoms with E-state index in [1.165, 1.54) is 25.2 Å². The number of alkyl halides is 3. The smallest absolute Gasteiger partial charge is 0.278 e. The van der Waals surface area contributed by atoms with E-state index in [0.29, 0.717) is 45.5 Å². The van der Waals surface area contributed by atoms with Crippen LogP contribution in [0.1, 0.15) is 29.3 Å². The average molecular weight is 559 g/mol. The second-order valence-electron chi connectivity index (χ2n) is 8.87. The van der Waals surface area contributed by atoms with Crippen molar-refractivity contribution < 1.29 is 22.8 Å². The zero-order valence-electron chi connectivity index (χ0n) is 23.0. The lowest BCUT2D eigenvalue weighted by atomic mass is 10.0. The quantitative estimate of drug-likeness (QED) is 0.408. The predicted octanol–water partition coefficient (Wildman–Crippen LogP) is 4.21. The van der Waals surface area contributed by atoms with Gasteiger partial charge in [0.15, 0.2) is 0 Å². The predicted molar refractivity (Wildman–Crippen MR) is 154 cm³/mol. The maximum atomic E-state index is 14.4. The number of halogens is 3. The zero-order valence-corrected chi connectivity index (χ0v) is 23.0. The van der Waals surface area contributed by atoms with Gasteiger partial charge in [-0.15, -0.1) is 0 Å². The standard InChI is InChI=1S/C27H29F2N5O2.CH3F.CH5N/c1-27(28,29)23-18-21(26(36)31-19-30)8-10-24(23)33-13-15-34(16-14-33)25(35)17-20-5-4-6-22(9-7-20)32-11-2-3-12-32;2*1-2/h2-12,18-20H,13-17H2,1H3,(H2,30,31,36);1H3;2H2,1H3. The van der Waals surface area contributed by atoms with E-state index in [1.807, 2.05) is 64.4 Å². The van der Waals surface area contributed by atoms with Crippen molar-refractivity contribution in [1.29, 1.82) is 0 Å². The van der Waals surface area contributed by atoms with Gasteiger partial charge in [0.2, 0.25) is 5.91 Å². The van der Waals surface area contributed by atoms with Gasteiger partial charge >= 0.3 is 0 Å². The highest BCUT2D eigenvalue weighted by molar-refractivity contribution is 5.99. The van der Waals surface area contributed by atoms with E-state index in [-0.39, 0.29) is 23.0 Å². The first kappa shape index (κ1) is 32.1. The Bertz CT molecular complexity index is 1220. The van der Waals surface area contributed by atoms with Gasteiger partial charge in [0.25, 0.3) is 11.8 Å². The van der Waals surface area contributed by atoms with E-state index in [2.05, 4.69) is 10.7 Å². The van der Waals surface area contributed by atoms with Gasteiger partial charge in [0.05, 0.1) is 13.5 Å². The fourth-order valence-corrected chi connectivity index (χ4v) is 4.42. The van der Waals surface area contributed by atoms with Crippen LogP contribution in [0.25, 0.3) is 5.70 Å². The number of aromatic nitrogens is 1. The number of amides is 2. The average Bonchev–Trinajstić information content (AvgIpc) is 3.41. The van der Waals surface area contributed by atoms with Crippen molar-refractivity contribution in [1.82, 2.24) is 9.47 Å². The number of benzene rings is 1. The zero-order chi connectivity index (χ0) is 29.7. The second-order valence-corrected chi connectivity index (χ2v) is 8.87. The summed E-state index contributed by atoms with van der Waals surface area (Å²) in [6.07, 6.45) is 15.1. The van der Waals surface area contributed by atoms with E-state index >= 15 is 0 Å². The molecular weight excluding hydrogens is 521 g/mol. The molecular formula is C29H37F3N6O2. The van der Waals surface area contributed by atoms with Crippen molar-refractivity contribution >= 4 is 29.5 Å². The molecule has 2 aliphatic rings. The monoisotopic (exact) mass is 558 g/mol. The summed E-state index contributed by atoms with van der Waals surface area (Å²) in [4.78, 5) is 32.0. The first-order valence-electron chi connectivity index (χ1n) is 12.8. The van der Waals surface area contributed by atoms with Gasteiger partial charge in [-0.05, 0) is 49.5 Å². The number of allylic oxidation sites excluding steroid dienone is 6. The Morgan fingerprint density at radius 3 is 2.33 bits per heavy atom. The third-order valence-corrected chi connectivity index (χ3v) is 6.33. The van der Waals surface area contributed by atoms with E-state index < -0.39 is 11.8 Å². The SMILES string of the molecule is CC(F)(F)c1cc(C(=O)N=CN)ccc1N1CCN(C(=O)CC2C=CC=C(n3cccc3)C=C2)CC1.CF.CN. The van der Waals surface area contributed by atoms with E-state index in [4.69, 9.17) is 5.73 Å². The Morgan fingerprint density at radius 2 is 1.73 bits per heavy atom. The highest BCUT2D eigenvalue weighted by Crippen LogP contribution is 2.36. The van der Waals surface area contributed by atoms with Crippen molar-refractivity contribution in [3.8, 4) is 0 Å². The Labute approximate surface area is 233 Å². The Hall–Kier alpha value is -4.12. The summed E-state index contributed by atoms with van der Waals surface area (Å²) < 4.78 is 40.4. The molecule has 2 heterocycles. The summed E-state index contributed by atoms with van der Waals surface area (Å²) in [5.41, 5.74) is 10.8. The Balaban J connectivity index is 0.00000134. The van der Waals surface area contributed by atoms with Crippen LogP contribution in [-0.2, 0) is 10.7 Å². The minimum absolute atomic E-state index is 0.0218. The first-order valence-corrected chi connectivity index (χ1v) is 12.8. The van der Waals surface area contributed by atoms with Crippen LogP contribution in [0, 0.1) is 5.92 Å². The molecule has 2 amide bonds. The van der Waals surface area contributed by atoms with Gasteiger partial charge in [-0.2, -0.15) is 4.99 Å². The molecule has 1 atom stereocenters. The number of hydrogen-bond acceptors (Lipinski definition) is 4. The molecule has 1 aromatic heterocycles. The van der Waals surface area contributed by atoms with Gasteiger partial charge in [-0.3, -0.25) is 14.0 Å². The third-order valence-electron chi connectivity index (χ3n) is 6.33. The van der Waals surface area contributed by atoms with Crippen molar-refractivity contribution in [2.24, 2.45) is 22.4 Å². The van der Waals surface area contributed by atoms with Gasteiger partial charge < -0.3 is 25.8 Å². The molecule has 4 rings (SSSR count). The number of nitrogens with two attached hydrogens (primary N) is 2. The number of aliphatic imine (C=N–C) groups is 1. The molecule has 2 aromatic rings. The lowest BCUT2D eigenvalue weighted by Gasteiger charge is -2.38. The maximum absolute atomic E-state index is 14.4. The van der Waals surface area contributed by atoms with E-state index in [9.17, 15) is 22.8 Å². The summed E-state index contributed by atoms with van der Waals surface area (Å²) in [5, 5.41) is 0. The molecule has 4 N–H and O–H groups in total. The van der Waals surface area contributed by atoms with E-state index in [1.54, 1.807) is 4.90 Å². The van der Waals surface area contributed by atoms with Crippen molar-refractivity contribution in [3.63, 3.8) is 0 Å². The summed E-state index contributed by atoms with van der Waals surface area (Å²) in [6.45, 7) is 2.49. The van der Waals surface area contributed by atoms with Crippen LogP contribution in [0.5, 0.6) is 0 Å². The molecule has 0 radical (unpaired) electrons. The molecule has 1 aromatic carbocycles. The summed E-state index contributed by atoms with van der Waals surface area (Å²) in [5.74, 6) is -3.83. The summed E-state index contributed by atoms with van der Waals surface area (Å²) in [6, 6.07) is 8.07. The summed E-state index contributed by atoms with van der Waals surface area (Å²) in [7, 11) is 2.00. The highest BCUT2D eigenvalue weighted by atomic mass is 19.3. The molecule has 1 unspecified atom stereocenters. The van der Waals surface area contributed by atoms with Crippen molar-refractivity contribution in [2.75, 3.05) is 45.3 Å². The molecule has 40 heavy (non-hydrogen) atoms. The van der Waals surface area contributed by atoms with Crippen LogP contribution in [-0.4, -0.2) is 68.0 Å². The number of anilines is 1. The Kier molecular flexibility index (Phi) is 12.4. The number of rotatable bonds is 6. The molecule has 8 nitrogen and oxygen atoms in total. The minimum atomic E-state index is -3.16. The molecule has 216 valence electrons. The largest absolute Gasteiger partial charge is 0.390 e. The van der Waals surface area contributed by atoms with Crippen molar-refractivity contribution in [3.05, 3.63) is 84.2 Å². The maximum Gasteiger partial charge on any atom is 0.278 e. The molecule has 11 heteroatoms. The lowest BCUT2D eigenvalue weighted by Crippen LogP contribution is -2.49. The normalized spacial score (nSPS) is 16.9. The highest BCUT2D eigenvalue weighted by Gasteiger charge is 2.32. The number of carbonyl (C=O) groups excluding carboxylic acids is 2. The van der Waals surface area contributed by atoms with Gasteiger partial charge in [-0.1, -0.05) is 18.2 Å². The second kappa shape index (κ2) is 15.5. The lowest BCUT2D eigenvalue weighted by molar-refractivity contribution is -0.131. The fourth-order valence-electron chi connectivity index (χ4n) is 4.42. The summed E-state index contributed by atoms with van der Waals surface area (Å²) >= 11 is 0. The fraction of sp³-hybridized carbons (Fsp3) is 0.345. The molecule has 1 saturated heterocycles. The van der Waals surface area contributed by atoms with Crippen LogP contribution in [0.4, 0.5) is 18.9 Å². The third kappa shape index (κ3) is 8.44. The molecule has 1 fully saturated rings. The van der Waals surface area contributed by atoms with Gasteiger partial charge in [0.1, 0.15) is 0 Å². The number of nitrogens with zero attached hydrogens (tertiary/aromatic N) is 4. The van der Waals surface area contributed by atoms with E-state index in [0.717, 1.165) is 19.0 Å². The van der Waals surface area contributed by atoms with Crippen LogP contribution in [0.2, 0.25) is 0 Å². The van der Waals surface area contributed by atoms with Gasteiger partial charge in [-0.25, -0.2) is 8.78 Å². The number of hydrogen-bond donors (Lipinski definition) is 2. The molecule has 0 saturated carbocycles. The molecule has 0 bridgehead atoms. The first-order chi connectivity index (χ1) is 19.3. The molecule has 0 spiro atoms. The van der Waals surface area contributed by atoms with Crippen LogP contribution in [0.3, 0.4) is 0 Å². The van der Waals surface area contributed by atoms with Crippen LogP contribution >= 0.6 is 0 Å². The van der Waals surface area contributed by atoms with Crippen LogP contribution < -0.4 is 16.4 Å². The molecule has 1 aliphatic carbocycles. The van der Waals surface area contributed by atoms with Crippen molar-refractivity contribution in [2.45, 2.75) is 19.3 Å². The Morgan fingerprint density at radius 1 is 1.07 bits per heavy atom. The molecule has 1 aliphatic heterocycles.